The first-order valence-electron chi connectivity index (χ1n) is 7.33. The molecule has 118 valence electrons. The highest BCUT2D eigenvalue weighted by Crippen LogP contribution is 2.52. The van der Waals surface area contributed by atoms with Gasteiger partial charge in [-0.1, -0.05) is 18.2 Å². The standard InChI is InChI=1S/C16H14N2O5/c1-8-3-4-9(7-10(8)18(21)22)17-14(19)12-11-5-6-16(2,23-11)13(12)15(17)20/h3-7,11-13H,1-2H3/t11-,12-,13+,16+/m1/s1. The molecule has 3 heterocycles. The van der Waals surface area contributed by atoms with Gasteiger partial charge in [0, 0.05) is 11.6 Å². The van der Waals surface area contributed by atoms with Crippen LogP contribution in [0.15, 0.2) is 30.4 Å². The third-order valence-electron chi connectivity index (χ3n) is 4.98. The highest BCUT2D eigenvalue weighted by molar-refractivity contribution is 6.23. The lowest BCUT2D eigenvalue weighted by molar-refractivity contribution is -0.385. The van der Waals surface area contributed by atoms with Gasteiger partial charge in [-0.3, -0.25) is 19.7 Å². The Kier molecular flexibility index (Phi) is 2.61. The molecule has 0 N–H and O–H groups in total. The number of rotatable bonds is 2. The van der Waals surface area contributed by atoms with Crippen molar-refractivity contribution in [1.82, 2.24) is 0 Å². The first-order chi connectivity index (χ1) is 10.8. The molecule has 1 aromatic carbocycles. The Morgan fingerprint density at radius 3 is 2.70 bits per heavy atom. The lowest BCUT2D eigenvalue weighted by atomic mass is 9.78. The van der Waals surface area contributed by atoms with Gasteiger partial charge >= 0.3 is 0 Å². The van der Waals surface area contributed by atoms with Crippen LogP contribution >= 0.6 is 0 Å². The molecule has 23 heavy (non-hydrogen) atoms. The molecule has 7 nitrogen and oxygen atoms in total. The number of nitro groups is 1. The Balaban J connectivity index is 1.78. The van der Waals surface area contributed by atoms with E-state index in [2.05, 4.69) is 0 Å². The lowest BCUT2D eigenvalue weighted by Crippen LogP contribution is -2.38. The number of amides is 2. The molecule has 2 bridgehead atoms. The second-order valence-corrected chi connectivity index (χ2v) is 6.37. The SMILES string of the molecule is Cc1ccc(N2C(=O)[C@H]3[C@@H](C2=O)[C@]2(C)C=C[C@H]3O2)cc1[N+](=O)[O-]. The number of nitrogens with zero attached hydrogens (tertiary/aromatic N) is 2. The third-order valence-corrected chi connectivity index (χ3v) is 4.98. The minimum absolute atomic E-state index is 0.108. The first-order valence-corrected chi connectivity index (χ1v) is 7.33. The maximum Gasteiger partial charge on any atom is 0.274 e. The Morgan fingerprint density at radius 1 is 1.30 bits per heavy atom. The number of carbonyl (C=O) groups is 2. The van der Waals surface area contributed by atoms with Crippen LogP contribution in [0.4, 0.5) is 11.4 Å². The van der Waals surface area contributed by atoms with E-state index in [1.165, 1.54) is 6.07 Å². The highest BCUT2D eigenvalue weighted by atomic mass is 16.6. The average Bonchev–Trinajstić information content (AvgIpc) is 3.09. The number of benzene rings is 1. The van der Waals surface area contributed by atoms with Gasteiger partial charge in [-0.2, -0.15) is 0 Å². The van der Waals surface area contributed by atoms with Gasteiger partial charge in [0.25, 0.3) is 5.69 Å². The number of anilines is 1. The maximum atomic E-state index is 12.8. The molecule has 0 aromatic heterocycles. The second kappa shape index (κ2) is 4.26. The summed E-state index contributed by atoms with van der Waals surface area (Å²) in [4.78, 5) is 37.2. The molecule has 0 saturated carbocycles. The number of aryl methyl sites for hydroxylation is 1. The van der Waals surface area contributed by atoms with Crippen LogP contribution in [0.5, 0.6) is 0 Å². The van der Waals surface area contributed by atoms with Crippen LogP contribution in [0.1, 0.15) is 12.5 Å². The summed E-state index contributed by atoms with van der Waals surface area (Å²) in [6, 6.07) is 4.40. The van der Waals surface area contributed by atoms with Gasteiger partial charge in [0.2, 0.25) is 11.8 Å². The summed E-state index contributed by atoms with van der Waals surface area (Å²) in [6.45, 7) is 3.41. The Hall–Kier alpha value is -2.54. The summed E-state index contributed by atoms with van der Waals surface area (Å²) >= 11 is 0. The van der Waals surface area contributed by atoms with Gasteiger partial charge in [-0.25, -0.2) is 4.90 Å². The summed E-state index contributed by atoms with van der Waals surface area (Å²) in [5, 5.41) is 11.1. The molecule has 7 heteroatoms. The van der Waals surface area contributed by atoms with E-state index >= 15 is 0 Å². The molecule has 4 rings (SSSR count). The smallest absolute Gasteiger partial charge is 0.274 e. The predicted octanol–water partition coefficient (Wildman–Crippen LogP) is 1.74. The van der Waals surface area contributed by atoms with E-state index in [0.717, 1.165) is 4.90 Å². The largest absolute Gasteiger partial charge is 0.362 e. The number of carbonyl (C=O) groups excluding carboxylic acids is 2. The number of hydrogen-bond acceptors (Lipinski definition) is 5. The summed E-state index contributed by atoms with van der Waals surface area (Å²) in [5.41, 5.74) is -0.151. The third kappa shape index (κ3) is 1.68. The number of ether oxygens (including phenoxy) is 1. The molecule has 2 fully saturated rings. The molecule has 3 aliphatic rings. The lowest BCUT2D eigenvalue weighted by Gasteiger charge is -2.24. The van der Waals surface area contributed by atoms with E-state index in [1.54, 1.807) is 26.0 Å². The fourth-order valence-electron chi connectivity index (χ4n) is 3.84. The number of hydrogen-bond donors (Lipinski definition) is 0. The summed E-state index contributed by atoms with van der Waals surface area (Å²) in [6.07, 6.45) is 3.24. The normalized spacial score (nSPS) is 34.3. The van der Waals surface area contributed by atoms with Crippen LogP contribution in [0.2, 0.25) is 0 Å². The van der Waals surface area contributed by atoms with Crippen molar-refractivity contribution in [2.24, 2.45) is 11.8 Å². The second-order valence-electron chi connectivity index (χ2n) is 6.37. The fourth-order valence-corrected chi connectivity index (χ4v) is 3.84. The number of fused-ring (bicyclic) bond motifs is 5. The molecule has 4 atom stereocenters. The molecule has 2 saturated heterocycles. The van der Waals surface area contributed by atoms with Crippen LogP contribution < -0.4 is 4.90 Å². The Bertz CT molecular complexity index is 802. The topological polar surface area (TPSA) is 89.8 Å². The van der Waals surface area contributed by atoms with Crippen LogP contribution in [0.3, 0.4) is 0 Å². The molecule has 3 aliphatic heterocycles. The molecule has 0 unspecified atom stereocenters. The summed E-state index contributed by atoms with van der Waals surface area (Å²) in [7, 11) is 0. The van der Waals surface area contributed by atoms with Crippen LogP contribution in [0.25, 0.3) is 0 Å². The summed E-state index contributed by atoms with van der Waals surface area (Å²) in [5.74, 6) is -1.81. The van der Waals surface area contributed by atoms with Crippen molar-refractivity contribution in [3.05, 3.63) is 46.0 Å². The molecule has 1 aromatic rings. The van der Waals surface area contributed by atoms with Crippen molar-refractivity contribution in [1.29, 1.82) is 0 Å². The number of imide groups is 1. The summed E-state index contributed by atoms with van der Waals surface area (Å²) < 4.78 is 5.75. The van der Waals surface area contributed by atoms with Gasteiger partial charge in [0.15, 0.2) is 0 Å². The maximum absolute atomic E-state index is 12.8. The monoisotopic (exact) mass is 314 g/mol. The van der Waals surface area contributed by atoms with E-state index in [1.807, 2.05) is 12.2 Å². The van der Waals surface area contributed by atoms with Crippen molar-refractivity contribution in [3.63, 3.8) is 0 Å². The molecule has 0 spiro atoms. The molecule has 2 amide bonds. The zero-order chi connectivity index (χ0) is 16.5. The van der Waals surface area contributed by atoms with Crippen LogP contribution in [0, 0.1) is 28.9 Å². The molecule has 0 aliphatic carbocycles. The highest BCUT2D eigenvalue weighted by Gasteiger charge is 2.66. The van der Waals surface area contributed by atoms with Crippen molar-refractivity contribution in [2.45, 2.75) is 25.6 Å². The minimum Gasteiger partial charge on any atom is -0.362 e. The van der Waals surface area contributed by atoms with Crippen molar-refractivity contribution in [3.8, 4) is 0 Å². The molecule has 0 radical (unpaired) electrons. The molecular formula is C16H14N2O5. The van der Waals surface area contributed by atoms with Crippen LogP contribution in [-0.2, 0) is 14.3 Å². The van der Waals surface area contributed by atoms with E-state index < -0.39 is 28.5 Å². The van der Waals surface area contributed by atoms with Gasteiger partial charge < -0.3 is 4.74 Å². The van der Waals surface area contributed by atoms with E-state index in [-0.39, 0.29) is 23.2 Å². The average molecular weight is 314 g/mol. The van der Waals surface area contributed by atoms with Crippen molar-refractivity contribution < 1.29 is 19.2 Å². The first kappa shape index (κ1) is 14.1. The zero-order valence-electron chi connectivity index (χ0n) is 12.6. The van der Waals surface area contributed by atoms with E-state index in [9.17, 15) is 19.7 Å². The van der Waals surface area contributed by atoms with E-state index in [0.29, 0.717) is 5.56 Å². The van der Waals surface area contributed by atoms with Gasteiger partial charge in [-0.05, 0) is 19.9 Å². The fraction of sp³-hybridized carbons (Fsp3) is 0.375. The Morgan fingerprint density at radius 2 is 2.04 bits per heavy atom. The minimum atomic E-state index is -0.770. The van der Waals surface area contributed by atoms with E-state index in [4.69, 9.17) is 4.74 Å². The van der Waals surface area contributed by atoms with Gasteiger partial charge in [0.1, 0.15) is 0 Å². The molecular weight excluding hydrogens is 300 g/mol. The Labute approximate surface area is 131 Å². The quantitative estimate of drug-likeness (QED) is 0.359. The zero-order valence-corrected chi connectivity index (χ0v) is 12.6. The van der Waals surface area contributed by atoms with Crippen molar-refractivity contribution >= 4 is 23.2 Å². The van der Waals surface area contributed by atoms with Crippen LogP contribution in [-0.4, -0.2) is 28.4 Å². The van der Waals surface area contributed by atoms with Gasteiger partial charge in [-0.15, -0.1) is 0 Å². The van der Waals surface area contributed by atoms with Crippen molar-refractivity contribution in [2.75, 3.05) is 4.90 Å². The number of nitro benzene ring substituents is 1. The van der Waals surface area contributed by atoms with Gasteiger partial charge in [0.05, 0.1) is 34.2 Å². The predicted molar refractivity (Wildman–Crippen MR) is 79.7 cm³/mol.